The van der Waals surface area contributed by atoms with Crippen LogP contribution in [0, 0.1) is 0 Å². The van der Waals surface area contributed by atoms with Crippen molar-refractivity contribution in [3.05, 3.63) is 35.9 Å². The molecule has 0 N–H and O–H groups in total. The van der Waals surface area contributed by atoms with Gasteiger partial charge in [0.05, 0.1) is 19.3 Å². The first-order chi connectivity index (χ1) is 12.5. The van der Waals surface area contributed by atoms with Gasteiger partial charge in [-0.25, -0.2) is 0 Å². The zero-order valence-corrected chi connectivity index (χ0v) is 18.7. The molecule has 0 aromatic heterocycles. The number of carbonyl (C=O) groups excluding carboxylic acids is 1. The van der Waals surface area contributed by atoms with Gasteiger partial charge in [-0.2, -0.15) is 0 Å². The zero-order valence-electron chi connectivity index (χ0n) is 17.7. The average molecular weight is 395 g/mol. The Bertz CT molecular complexity index is 611. The van der Waals surface area contributed by atoms with E-state index >= 15 is 0 Å². The van der Waals surface area contributed by atoms with Crippen LogP contribution < -0.4 is 0 Å². The van der Waals surface area contributed by atoms with E-state index in [-0.39, 0.29) is 29.3 Å². The molecule has 1 saturated heterocycles. The monoisotopic (exact) mass is 394 g/mol. The van der Waals surface area contributed by atoms with Crippen molar-refractivity contribution in [2.75, 3.05) is 6.61 Å². The van der Waals surface area contributed by atoms with Crippen LogP contribution in [0.2, 0.25) is 18.1 Å². The second-order valence-electron chi connectivity index (χ2n) is 8.80. The summed E-state index contributed by atoms with van der Waals surface area (Å²) in [7, 11) is -2.03. The minimum Gasteiger partial charge on any atom is -0.457 e. The summed E-state index contributed by atoms with van der Waals surface area (Å²) < 4.78 is 24.1. The van der Waals surface area contributed by atoms with E-state index in [2.05, 4.69) is 33.9 Å². The highest BCUT2D eigenvalue weighted by molar-refractivity contribution is 6.74. The predicted octanol–water partition coefficient (Wildman–Crippen LogP) is 4.31. The number of esters is 1. The Morgan fingerprint density at radius 2 is 1.78 bits per heavy atom. The lowest BCUT2D eigenvalue weighted by Crippen LogP contribution is -2.50. The van der Waals surface area contributed by atoms with Crippen molar-refractivity contribution in [3.63, 3.8) is 0 Å². The van der Waals surface area contributed by atoms with Gasteiger partial charge in [0, 0.05) is 6.92 Å². The Kier molecular flexibility index (Phi) is 7.25. The third kappa shape index (κ3) is 5.88. The maximum atomic E-state index is 11.7. The van der Waals surface area contributed by atoms with Gasteiger partial charge in [-0.3, -0.25) is 4.79 Å². The third-order valence-corrected chi connectivity index (χ3v) is 9.95. The van der Waals surface area contributed by atoms with E-state index in [0.29, 0.717) is 13.2 Å². The van der Waals surface area contributed by atoms with Crippen molar-refractivity contribution in [2.45, 2.75) is 83.8 Å². The van der Waals surface area contributed by atoms with Gasteiger partial charge in [0.1, 0.15) is 12.2 Å². The molecule has 6 heteroatoms. The maximum absolute atomic E-state index is 11.7. The van der Waals surface area contributed by atoms with Crippen molar-refractivity contribution in [3.8, 4) is 0 Å². The standard InChI is InChI=1S/C21H34O5Si/c1-15-19(26-27(6,7)21(3,4)5)20(25-16(2)22)18(24-15)14-23-13-17-11-9-8-10-12-17/h8-12,15,18-20H,13-14H2,1-7H3/t15-,18+,19?,20?/m0/s1. The minimum atomic E-state index is -2.03. The molecule has 0 saturated carbocycles. The quantitative estimate of drug-likeness (QED) is 0.509. The molecule has 27 heavy (non-hydrogen) atoms. The Morgan fingerprint density at radius 1 is 1.15 bits per heavy atom. The Morgan fingerprint density at radius 3 is 2.33 bits per heavy atom. The second kappa shape index (κ2) is 8.86. The molecule has 0 radical (unpaired) electrons. The smallest absolute Gasteiger partial charge is 0.303 e. The lowest BCUT2D eigenvalue weighted by Gasteiger charge is -2.40. The first-order valence-corrected chi connectivity index (χ1v) is 12.5. The van der Waals surface area contributed by atoms with E-state index in [1.165, 1.54) is 6.92 Å². The molecule has 0 aliphatic carbocycles. The van der Waals surface area contributed by atoms with Crippen LogP contribution in [0.5, 0.6) is 0 Å². The summed E-state index contributed by atoms with van der Waals surface area (Å²) in [6.45, 7) is 15.2. The van der Waals surface area contributed by atoms with E-state index < -0.39 is 14.4 Å². The van der Waals surface area contributed by atoms with Gasteiger partial charge in [-0.15, -0.1) is 0 Å². The van der Waals surface area contributed by atoms with Gasteiger partial charge < -0.3 is 18.6 Å². The van der Waals surface area contributed by atoms with Crippen molar-refractivity contribution in [1.29, 1.82) is 0 Å². The van der Waals surface area contributed by atoms with E-state index in [1.54, 1.807) is 0 Å². The van der Waals surface area contributed by atoms with Gasteiger partial charge in [0.2, 0.25) is 0 Å². The predicted molar refractivity (Wildman–Crippen MR) is 108 cm³/mol. The molecule has 0 bridgehead atoms. The van der Waals surface area contributed by atoms with Crippen LogP contribution in [0.4, 0.5) is 0 Å². The van der Waals surface area contributed by atoms with Crippen LogP contribution in [0.3, 0.4) is 0 Å². The van der Waals surface area contributed by atoms with E-state index in [4.69, 9.17) is 18.6 Å². The first-order valence-electron chi connectivity index (χ1n) is 9.63. The van der Waals surface area contributed by atoms with Crippen LogP contribution in [0.25, 0.3) is 0 Å². The SMILES string of the molecule is CC(=O)OC1C(O[Si](C)(C)C(C)(C)C)[C@H](C)O[C@@H]1COCc1ccccc1. The molecule has 2 rings (SSSR count). The van der Waals surface area contributed by atoms with Crippen LogP contribution in [-0.2, 0) is 30.0 Å². The van der Waals surface area contributed by atoms with Crippen molar-refractivity contribution in [1.82, 2.24) is 0 Å². The van der Waals surface area contributed by atoms with Gasteiger partial charge in [0.15, 0.2) is 14.4 Å². The highest BCUT2D eigenvalue weighted by Gasteiger charge is 2.50. The molecular formula is C21H34O5Si. The second-order valence-corrected chi connectivity index (χ2v) is 13.6. The highest BCUT2D eigenvalue weighted by atomic mass is 28.4. The van der Waals surface area contributed by atoms with Crippen LogP contribution >= 0.6 is 0 Å². The van der Waals surface area contributed by atoms with E-state index in [0.717, 1.165) is 5.56 Å². The molecule has 4 atom stereocenters. The molecule has 1 fully saturated rings. The fraction of sp³-hybridized carbons (Fsp3) is 0.667. The first kappa shape index (κ1) is 22.1. The fourth-order valence-electron chi connectivity index (χ4n) is 2.92. The number of rotatable bonds is 7. The number of hydrogen-bond donors (Lipinski definition) is 0. The highest BCUT2D eigenvalue weighted by Crippen LogP contribution is 2.40. The molecule has 152 valence electrons. The zero-order chi connectivity index (χ0) is 20.2. The number of benzene rings is 1. The molecule has 5 nitrogen and oxygen atoms in total. The van der Waals surface area contributed by atoms with E-state index in [9.17, 15) is 4.79 Å². The summed E-state index contributed by atoms with van der Waals surface area (Å²) in [5.41, 5.74) is 1.10. The fourth-order valence-corrected chi connectivity index (χ4v) is 4.28. The Hall–Kier alpha value is -1.21. The van der Waals surface area contributed by atoms with Crippen LogP contribution in [0.1, 0.15) is 40.2 Å². The molecule has 0 spiro atoms. The third-order valence-electron chi connectivity index (χ3n) is 5.47. The molecule has 1 heterocycles. The van der Waals surface area contributed by atoms with Crippen molar-refractivity contribution in [2.24, 2.45) is 0 Å². The van der Waals surface area contributed by atoms with Crippen molar-refractivity contribution < 1.29 is 23.4 Å². The van der Waals surface area contributed by atoms with Crippen molar-refractivity contribution >= 4 is 14.3 Å². The number of carbonyl (C=O) groups is 1. The van der Waals surface area contributed by atoms with Gasteiger partial charge >= 0.3 is 5.97 Å². The summed E-state index contributed by atoms with van der Waals surface area (Å²) >= 11 is 0. The normalized spacial score (nSPS) is 26.2. The molecular weight excluding hydrogens is 360 g/mol. The molecule has 1 aromatic rings. The topological polar surface area (TPSA) is 54.0 Å². The summed E-state index contributed by atoms with van der Waals surface area (Å²) in [5.74, 6) is -0.324. The summed E-state index contributed by atoms with van der Waals surface area (Å²) in [4.78, 5) is 11.7. The number of hydrogen-bond acceptors (Lipinski definition) is 5. The van der Waals surface area contributed by atoms with E-state index in [1.807, 2.05) is 37.3 Å². The Balaban J connectivity index is 2.05. The summed E-state index contributed by atoms with van der Waals surface area (Å²) in [6, 6.07) is 9.98. The maximum Gasteiger partial charge on any atom is 0.303 e. The van der Waals surface area contributed by atoms with Crippen LogP contribution in [0.15, 0.2) is 30.3 Å². The summed E-state index contributed by atoms with van der Waals surface area (Å²) in [5, 5.41) is 0.0649. The molecule has 1 aliphatic rings. The van der Waals surface area contributed by atoms with Gasteiger partial charge in [-0.05, 0) is 30.6 Å². The van der Waals surface area contributed by atoms with Crippen LogP contribution in [-0.4, -0.2) is 45.3 Å². The molecule has 1 aromatic carbocycles. The summed E-state index contributed by atoms with van der Waals surface area (Å²) in [6.07, 6.45) is -1.22. The largest absolute Gasteiger partial charge is 0.457 e. The van der Waals surface area contributed by atoms with Gasteiger partial charge in [0.25, 0.3) is 0 Å². The lowest BCUT2D eigenvalue weighted by molar-refractivity contribution is -0.154. The van der Waals surface area contributed by atoms with Gasteiger partial charge in [-0.1, -0.05) is 51.1 Å². The Labute approximate surface area is 164 Å². The molecule has 2 unspecified atom stereocenters. The number of ether oxygens (including phenoxy) is 3. The molecule has 1 aliphatic heterocycles. The molecule has 0 amide bonds. The lowest BCUT2D eigenvalue weighted by atomic mass is 10.1. The minimum absolute atomic E-state index is 0.0649. The average Bonchev–Trinajstić information content (AvgIpc) is 2.82.